The number of benzene rings is 1. The van der Waals surface area contributed by atoms with Crippen LogP contribution in [-0.2, 0) is 14.3 Å². The summed E-state index contributed by atoms with van der Waals surface area (Å²) in [5.41, 5.74) is 6.61. The van der Waals surface area contributed by atoms with Crippen LogP contribution in [0.15, 0.2) is 42.6 Å². The predicted molar refractivity (Wildman–Crippen MR) is 75.5 cm³/mol. The number of para-hydroxylation sites is 1. The minimum Gasteiger partial charge on any atom is -0.449 e. The van der Waals surface area contributed by atoms with Crippen molar-refractivity contribution in [3.05, 3.63) is 48.2 Å². The first kappa shape index (κ1) is 13.7. The highest BCUT2D eigenvalue weighted by atomic mass is 16.5. The number of nitrogens with zero attached hydrogens (tertiary/aromatic N) is 1. The SMILES string of the molecule is C[C@@H](OC(=O)/C=C\c1cccc2cccnc12)C(N)=O. The van der Waals surface area contributed by atoms with E-state index in [0.29, 0.717) is 0 Å². The molecule has 5 heteroatoms. The molecule has 102 valence electrons. The van der Waals surface area contributed by atoms with Gasteiger partial charge in [0, 0.05) is 23.2 Å². The fourth-order valence-corrected chi connectivity index (χ4v) is 1.69. The Morgan fingerprint density at radius 3 is 2.80 bits per heavy atom. The van der Waals surface area contributed by atoms with Crippen LogP contribution in [0.1, 0.15) is 12.5 Å². The van der Waals surface area contributed by atoms with Gasteiger partial charge in [-0.2, -0.15) is 0 Å². The number of ether oxygens (including phenoxy) is 1. The largest absolute Gasteiger partial charge is 0.449 e. The number of fused-ring (bicyclic) bond motifs is 1. The number of carbonyl (C=O) groups is 2. The number of primary amides is 1. The molecule has 0 fully saturated rings. The van der Waals surface area contributed by atoms with Gasteiger partial charge < -0.3 is 10.5 Å². The van der Waals surface area contributed by atoms with Crippen LogP contribution < -0.4 is 5.73 Å². The van der Waals surface area contributed by atoms with E-state index in [2.05, 4.69) is 4.98 Å². The highest BCUT2D eigenvalue weighted by Gasteiger charge is 2.12. The van der Waals surface area contributed by atoms with Crippen molar-refractivity contribution in [1.82, 2.24) is 4.98 Å². The number of pyridine rings is 1. The first-order valence-corrected chi connectivity index (χ1v) is 6.09. The molecule has 0 unspecified atom stereocenters. The molecule has 2 rings (SSSR count). The second kappa shape index (κ2) is 5.97. The summed E-state index contributed by atoms with van der Waals surface area (Å²) in [4.78, 5) is 26.6. The van der Waals surface area contributed by atoms with Crippen molar-refractivity contribution in [3.8, 4) is 0 Å². The molecule has 0 saturated carbocycles. The molecule has 2 aromatic rings. The van der Waals surface area contributed by atoms with Crippen molar-refractivity contribution >= 4 is 28.9 Å². The van der Waals surface area contributed by atoms with Crippen LogP contribution >= 0.6 is 0 Å². The number of aromatic nitrogens is 1. The van der Waals surface area contributed by atoms with Crippen molar-refractivity contribution in [2.45, 2.75) is 13.0 Å². The maximum atomic E-state index is 11.5. The second-order valence-electron chi connectivity index (χ2n) is 4.24. The van der Waals surface area contributed by atoms with Crippen LogP contribution in [0.25, 0.3) is 17.0 Å². The number of amides is 1. The molecule has 1 amide bonds. The van der Waals surface area contributed by atoms with E-state index in [1.165, 1.54) is 13.0 Å². The zero-order valence-corrected chi connectivity index (χ0v) is 10.9. The molecule has 1 aromatic heterocycles. The van der Waals surface area contributed by atoms with E-state index in [1.54, 1.807) is 12.3 Å². The smallest absolute Gasteiger partial charge is 0.331 e. The zero-order chi connectivity index (χ0) is 14.5. The van der Waals surface area contributed by atoms with Gasteiger partial charge in [0.1, 0.15) is 0 Å². The summed E-state index contributed by atoms with van der Waals surface area (Å²) < 4.78 is 4.82. The predicted octanol–water partition coefficient (Wildman–Crippen LogP) is 1.66. The molecule has 1 atom stereocenters. The third-order valence-corrected chi connectivity index (χ3v) is 2.76. The molecule has 0 saturated heterocycles. The van der Waals surface area contributed by atoms with E-state index in [0.717, 1.165) is 16.5 Å². The Labute approximate surface area is 116 Å². The maximum absolute atomic E-state index is 11.5. The topological polar surface area (TPSA) is 82.3 Å². The fraction of sp³-hybridized carbons (Fsp3) is 0.133. The summed E-state index contributed by atoms with van der Waals surface area (Å²) in [5.74, 6) is -1.30. The summed E-state index contributed by atoms with van der Waals surface area (Å²) in [7, 11) is 0. The Hall–Kier alpha value is -2.69. The minimum atomic E-state index is -0.946. The van der Waals surface area contributed by atoms with E-state index in [1.807, 2.05) is 30.3 Å². The monoisotopic (exact) mass is 270 g/mol. The van der Waals surface area contributed by atoms with Crippen molar-refractivity contribution in [3.63, 3.8) is 0 Å². The van der Waals surface area contributed by atoms with Gasteiger partial charge in [-0.15, -0.1) is 0 Å². The highest BCUT2D eigenvalue weighted by Crippen LogP contribution is 2.17. The van der Waals surface area contributed by atoms with E-state index in [4.69, 9.17) is 10.5 Å². The number of carbonyl (C=O) groups excluding carboxylic acids is 2. The summed E-state index contributed by atoms with van der Waals surface area (Å²) >= 11 is 0. The molecular weight excluding hydrogens is 256 g/mol. The number of hydrogen-bond acceptors (Lipinski definition) is 4. The Balaban J connectivity index is 2.18. The van der Waals surface area contributed by atoms with Crippen molar-refractivity contribution < 1.29 is 14.3 Å². The van der Waals surface area contributed by atoms with Crippen LogP contribution in [0.4, 0.5) is 0 Å². The van der Waals surface area contributed by atoms with Crippen LogP contribution in [-0.4, -0.2) is 23.0 Å². The first-order chi connectivity index (χ1) is 9.58. The Bertz CT molecular complexity index is 674. The van der Waals surface area contributed by atoms with Crippen LogP contribution in [0.5, 0.6) is 0 Å². The molecule has 2 N–H and O–H groups in total. The average Bonchev–Trinajstić information content (AvgIpc) is 2.44. The van der Waals surface area contributed by atoms with Crippen LogP contribution in [0.3, 0.4) is 0 Å². The lowest BCUT2D eigenvalue weighted by Gasteiger charge is -2.06. The molecule has 0 aliphatic rings. The molecule has 1 heterocycles. The molecule has 20 heavy (non-hydrogen) atoms. The maximum Gasteiger partial charge on any atom is 0.331 e. The van der Waals surface area contributed by atoms with Gasteiger partial charge in [-0.3, -0.25) is 9.78 Å². The third kappa shape index (κ3) is 3.20. The summed E-state index contributed by atoms with van der Waals surface area (Å²) in [6.45, 7) is 1.42. The van der Waals surface area contributed by atoms with E-state index in [-0.39, 0.29) is 0 Å². The quantitative estimate of drug-likeness (QED) is 0.676. The number of esters is 1. The first-order valence-electron chi connectivity index (χ1n) is 6.09. The van der Waals surface area contributed by atoms with Gasteiger partial charge in [-0.25, -0.2) is 4.79 Å². The molecule has 5 nitrogen and oxygen atoms in total. The Morgan fingerprint density at radius 2 is 2.05 bits per heavy atom. The average molecular weight is 270 g/mol. The lowest BCUT2D eigenvalue weighted by atomic mass is 10.1. The standard InChI is InChI=1S/C15H14N2O3/c1-10(15(16)19)20-13(18)8-7-12-5-2-4-11-6-3-9-17-14(11)12/h2-10H,1H3,(H2,16,19)/b8-7-/t10-/m1/s1. The molecule has 0 spiro atoms. The van der Waals surface area contributed by atoms with E-state index < -0.39 is 18.0 Å². The highest BCUT2D eigenvalue weighted by molar-refractivity contribution is 5.93. The number of hydrogen-bond donors (Lipinski definition) is 1. The summed E-state index contributed by atoms with van der Waals surface area (Å²) in [5, 5.41) is 0.980. The zero-order valence-electron chi connectivity index (χ0n) is 10.9. The van der Waals surface area contributed by atoms with Crippen molar-refractivity contribution in [2.75, 3.05) is 0 Å². The van der Waals surface area contributed by atoms with Gasteiger partial charge >= 0.3 is 5.97 Å². The molecule has 0 aliphatic carbocycles. The normalized spacial score (nSPS) is 12.4. The van der Waals surface area contributed by atoms with Gasteiger partial charge in [0.05, 0.1) is 5.52 Å². The van der Waals surface area contributed by atoms with Crippen molar-refractivity contribution in [2.24, 2.45) is 5.73 Å². The van der Waals surface area contributed by atoms with Gasteiger partial charge in [0.25, 0.3) is 5.91 Å². The minimum absolute atomic E-state index is 0.621. The molecule has 0 radical (unpaired) electrons. The van der Waals surface area contributed by atoms with Gasteiger partial charge in [-0.1, -0.05) is 24.3 Å². The molecule has 0 aliphatic heterocycles. The Kier molecular flexibility index (Phi) is 4.10. The Morgan fingerprint density at radius 1 is 1.30 bits per heavy atom. The van der Waals surface area contributed by atoms with E-state index in [9.17, 15) is 9.59 Å². The summed E-state index contributed by atoms with van der Waals surface area (Å²) in [6, 6.07) is 9.44. The fourth-order valence-electron chi connectivity index (χ4n) is 1.69. The molecular formula is C15H14N2O3. The lowest BCUT2D eigenvalue weighted by Crippen LogP contribution is -2.29. The molecule has 1 aromatic carbocycles. The van der Waals surface area contributed by atoms with Gasteiger partial charge in [0.2, 0.25) is 0 Å². The van der Waals surface area contributed by atoms with Gasteiger partial charge in [0.15, 0.2) is 6.10 Å². The third-order valence-electron chi connectivity index (χ3n) is 2.76. The lowest BCUT2D eigenvalue weighted by molar-refractivity contribution is -0.148. The van der Waals surface area contributed by atoms with Crippen molar-refractivity contribution in [1.29, 1.82) is 0 Å². The summed E-state index contributed by atoms with van der Waals surface area (Å²) in [6.07, 6.45) is 3.60. The number of rotatable bonds is 4. The van der Waals surface area contributed by atoms with Crippen LogP contribution in [0, 0.1) is 0 Å². The van der Waals surface area contributed by atoms with Crippen LogP contribution in [0.2, 0.25) is 0 Å². The molecule has 0 bridgehead atoms. The van der Waals surface area contributed by atoms with Gasteiger partial charge in [-0.05, 0) is 19.1 Å². The second-order valence-corrected chi connectivity index (χ2v) is 4.24. The van der Waals surface area contributed by atoms with E-state index >= 15 is 0 Å². The number of nitrogens with two attached hydrogens (primary N) is 1.